The molecule has 1 heterocycles. The maximum Gasteiger partial charge on any atom is 0.305 e. The van der Waals surface area contributed by atoms with E-state index >= 15 is 0 Å². The third kappa shape index (κ3) is 10.2. The Morgan fingerprint density at radius 3 is 2.45 bits per heavy atom. The van der Waals surface area contributed by atoms with Crippen LogP contribution in [-0.2, 0) is 19.1 Å². The van der Waals surface area contributed by atoms with Gasteiger partial charge in [0.1, 0.15) is 0 Å². The maximum absolute atomic E-state index is 12.3. The van der Waals surface area contributed by atoms with Crippen molar-refractivity contribution in [3.8, 4) is 0 Å². The third-order valence-electron chi connectivity index (χ3n) is 5.77. The Morgan fingerprint density at radius 1 is 1.07 bits per heavy atom. The fraction of sp³-hybridized carbons (Fsp3) is 0.870. The second-order valence-electron chi connectivity index (χ2n) is 8.56. The molecule has 6 heteroatoms. The summed E-state index contributed by atoms with van der Waals surface area (Å²) in [7, 11) is 0. The van der Waals surface area contributed by atoms with Crippen molar-refractivity contribution in [1.82, 2.24) is 4.90 Å². The summed E-state index contributed by atoms with van der Waals surface area (Å²) in [6.45, 7) is 6.65. The van der Waals surface area contributed by atoms with Crippen molar-refractivity contribution in [3.63, 3.8) is 0 Å². The smallest absolute Gasteiger partial charge is 0.305 e. The molecule has 1 amide bonds. The molecular weight excluding hydrogens is 370 g/mol. The molecule has 0 aromatic carbocycles. The summed E-state index contributed by atoms with van der Waals surface area (Å²) in [5.41, 5.74) is -0.794. The molecule has 0 aromatic heterocycles. The largest absolute Gasteiger partial charge is 0.466 e. The van der Waals surface area contributed by atoms with Crippen molar-refractivity contribution in [2.45, 2.75) is 116 Å². The Bertz CT molecular complexity index is 517. The highest BCUT2D eigenvalue weighted by molar-refractivity contribution is 6.07. The van der Waals surface area contributed by atoms with E-state index in [1.807, 2.05) is 6.92 Å². The van der Waals surface area contributed by atoms with Crippen molar-refractivity contribution < 1.29 is 24.2 Å². The van der Waals surface area contributed by atoms with E-state index in [9.17, 15) is 19.5 Å². The number of hydrogen-bond acceptors (Lipinski definition) is 5. The molecule has 1 aliphatic heterocycles. The van der Waals surface area contributed by atoms with Gasteiger partial charge in [-0.25, -0.2) is 0 Å². The van der Waals surface area contributed by atoms with Crippen LogP contribution in [0.2, 0.25) is 0 Å². The minimum Gasteiger partial charge on any atom is -0.466 e. The van der Waals surface area contributed by atoms with Crippen LogP contribution in [-0.4, -0.2) is 52.5 Å². The average Bonchev–Trinajstić information content (AvgIpc) is 2.93. The number of amides is 1. The van der Waals surface area contributed by atoms with E-state index in [1.54, 1.807) is 11.8 Å². The maximum atomic E-state index is 12.3. The quantitative estimate of drug-likeness (QED) is 0.234. The molecule has 168 valence electrons. The van der Waals surface area contributed by atoms with Crippen molar-refractivity contribution in [1.29, 1.82) is 0 Å². The number of ketones is 1. The van der Waals surface area contributed by atoms with Crippen molar-refractivity contribution in [2.75, 3.05) is 13.2 Å². The topological polar surface area (TPSA) is 83.9 Å². The zero-order chi connectivity index (χ0) is 21.7. The Kier molecular flexibility index (Phi) is 12.1. The molecule has 0 bridgehead atoms. The molecule has 1 aliphatic rings. The summed E-state index contributed by atoms with van der Waals surface area (Å²) in [6, 6.07) is -0.344. The first-order valence-corrected chi connectivity index (χ1v) is 11.5. The minimum absolute atomic E-state index is 0.00381. The van der Waals surface area contributed by atoms with E-state index in [4.69, 9.17) is 4.74 Å². The Morgan fingerprint density at radius 2 is 1.76 bits per heavy atom. The summed E-state index contributed by atoms with van der Waals surface area (Å²) in [6.07, 6.45) is 10.3. The number of carbonyl (C=O) groups excluding carboxylic acids is 3. The van der Waals surface area contributed by atoms with Gasteiger partial charge in [-0.1, -0.05) is 51.9 Å². The Balaban J connectivity index is 2.34. The lowest BCUT2D eigenvalue weighted by molar-refractivity contribution is -0.143. The minimum atomic E-state index is -0.794. The van der Waals surface area contributed by atoms with E-state index in [0.717, 1.165) is 51.4 Å². The van der Waals surface area contributed by atoms with E-state index < -0.39 is 5.60 Å². The zero-order valence-corrected chi connectivity index (χ0v) is 18.7. The lowest BCUT2D eigenvalue weighted by Crippen LogP contribution is -2.39. The highest BCUT2D eigenvalue weighted by Crippen LogP contribution is 2.25. The highest BCUT2D eigenvalue weighted by Gasteiger charge is 2.38. The number of ether oxygens (including phenoxy) is 1. The SMILES string of the molecule is CCCCCCC(C)(O)CCN1C(=O)CC(=O)C1CCCCCCC(=O)OCC. The van der Waals surface area contributed by atoms with Gasteiger partial charge in [0, 0.05) is 13.0 Å². The van der Waals surface area contributed by atoms with Gasteiger partial charge in [-0.3, -0.25) is 14.4 Å². The summed E-state index contributed by atoms with van der Waals surface area (Å²) < 4.78 is 4.91. The molecule has 0 radical (unpaired) electrons. The molecule has 1 N–H and O–H groups in total. The fourth-order valence-electron chi connectivity index (χ4n) is 3.93. The van der Waals surface area contributed by atoms with Gasteiger partial charge in [0.2, 0.25) is 5.91 Å². The lowest BCUT2D eigenvalue weighted by atomic mass is 9.94. The molecule has 0 aromatic rings. The normalized spacial score (nSPS) is 18.9. The van der Waals surface area contributed by atoms with Gasteiger partial charge in [-0.05, 0) is 39.5 Å². The monoisotopic (exact) mass is 411 g/mol. The third-order valence-corrected chi connectivity index (χ3v) is 5.77. The van der Waals surface area contributed by atoms with Crippen LogP contribution >= 0.6 is 0 Å². The van der Waals surface area contributed by atoms with Gasteiger partial charge in [-0.15, -0.1) is 0 Å². The molecule has 1 fully saturated rings. The fourth-order valence-corrected chi connectivity index (χ4v) is 3.93. The number of Topliss-reactive ketones (excluding diaryl/α,β-unsaturated/α-hetero) is 1. The number of nitrogens with zero attached hydrogens (tertiary/aromatic N) is 1. The van der Waals surface area contributed by atoms with Gasteiger partial charge < -0.3 is 14.7 Å². The Labute approximate surface area is 176 Å². The zero-order valence-electron chi connectivity index (χ0n) is 18.7. The molecule has 2 unspecified atom stereocenters. The van der Waals surface area contributed by atoms with Gasteiger partial charge in [0.15, 0.2) is 5.78 Å². The van der Waals surface area contributed by atoms with Crippen molar-refractivity contribution in [3.05, 3.63) is 0 Å². The van der Waals surface area contributed by atoms with Crippen LogP contribution in [0.15, 0.2) is 0 Å². The van der Waals surface area contributed by atoms with Crippen molar-refractivity contribution >= 4 is 17.7 Å². The van der Waals surface area contributed by atoms with E-state index in [1.165, 1.54) is 6.42 Å². The highest BCUT2D eigenvalue weighted by atomic mass is 16.5. The summed E-state index contributed by atoms with van der Waals surface area (Å²) in [4.78, 5) is 37.5. The van der Waals surface area contributed by atoms with Crippen LogP contribution in [0.1, 0.15) is 104 Å². The van der Waals surface area contributed by atoms with Crippen molar-refractivity contribution in [2.24, 2.45) is 0 Å². The number of carbonyl (C=O) groups is 3. The van der Waals surface area contributed by atoms with E-state index in [0.29, 0.717) is 32.4 Å². The lowest BCUT2D eigenvalue weighted by Gasteiger charge is -2.29. The van der Waals surface area contributed by atoms with Gasteiger partial charge >= 0.3 is 5.97 Å². The predicted octanol–water partition coefficient (Wildman–Crippen LogP) is 4.17. The summed E-state index contributed by atoms with van der Waals surface area (Å²) in [5.74, 6) is -0.259. The van der Waals surface area contributed by atoms with Crippen LogP contribution in [0.5, 0.6) is 0 Å². The summed E-state index contributed by atoms with van der Waals surface area (Å²) >= 11 is 0. The Hall–Kier alpha value is -1.43. The number of aliphatic hydroxyl groups is 1. The van der Waals surface area contributed by atoms with Crippen LogP contribution in [0.3, 0.4) is 0 Å². The number of hydrogen-bond donors (Lipinski definition) is 1. The van der Waals surface area contributed by atoms with Crippen LogP contribution in [0, 0.1) is 0 Å². The molecule has 29 heavy (non-hydrogen) atoms. The first-order chi connectivity index (χ1) is 13.8. The van der Waals surface area contributed by atoms with Crippen LogP contribution in [0.25, 0.3) is 0 Å². The molecule has 0 saturated carbocycles. The first-order valence-electron chi connectivity index (χ1n) is 11.5. The second kappa shape index (κ2) is 13.7. The summed E-state index contributed by atoms with van der Waals surface area (Å²) in [5, 5.41) is 10.6. The number of likely N-dealkylation sites (tertiary alicyclic amines) is 1. The van der Waals surface area contributed by atoms with Crippen LogP contribution in [0.4, 0.5) is 0 Å². The molecule has 1 saturated heterocycles. The predicted molar refractivity (Wildman–Crippen MR) is 113 cm³/mol. The van der Waals surface area contributed by atoms with E-state index in [-0.39, 0.29) is 30.1 Å². The number of unbranched alkanes of at least 4 members (excludes halogenated alkanes) is 6. The molecular formula is C23H41NO5. The first kappa shape index (κ1) is 25.6. The average molecular weight is 412 g/mol. The second-order valence-corrected chi connectivity index (χ2v) is 8.56. The number of esters is 1. The molecule has 6 nitrogen and oxygen atoms in total. The van der Waals surface area contributed by atoms with Gasteiger partial charge in [-0.2, -0.15) is 0 Å². The molecule has 0 aliphatic carbocycles. The van der Waals surface area contributed by atoms with Crippen LogP contribution < -0.4 is 0 Å². The standard InChI is InChI=1S/C23H41NO5/c1-4-6-7-12-15-23(3,28)16-17-24-19(20(25)18-21(24)26)13-10-8-9-11-14-22(27)29-5-2/h19,28H,4-18H2,1-3H3. The van der Waals surface area contributed by atoms with E-state index in [2.05, 4.69) is 6.92 Å². The number of rotatable bonds is 16. The molecule has 2 atom stereocenters. The molecule has 0 spiro atoms. The molecule has 1 rings (SSSR count). The van der Waals surface area contributed by atoms with Gasteiger partial charge in [0.05, 0.1) is 24.7 Å². The van der Waals surface area contributed by atoms with Gasteiger partial charge in [0.25, 0.3) is 0 Å².